The highest BCUT2D eigenvalue weighted by molar-refractivity contribution is 5.70. The third kappa shape index (κ3) is 3.69. The number of carbonyl (C=O) groups is 1. The van der Waals surface area contributed by atoms with Gasteiger partial charge in [0.05, 0.1) is 19.6 Å². The minimum atomic E-state index is -0.230. The summed E-state index contributed by atoms with van der Waals surface area (Å²) in [5.41, 5.74) is 6.90. The van der Waals surface area contributed by atoms with Crippen LogP contribution in [0, 0.1) is 0 Å². The Labute approximate surface area is 89.6 Å². The molecule has 0 amide bonds. The SMILES string of the molecule is CNNC(CC(=O)OC)c1ccccc1. The number of ether oxygens (including phenoxy) is 1. The fourth-order valence-corrected chi connectivity index (χ4v) is 1.36. The Morgan fingerprint density at radius 1 is 1.40 bits per heavy atom. The third-order valence-corrected chi connectivity index (χ3v) is 2.12. The Bertz CT molecular complexity index is 301. The molecule has 0 heterocycles. The summed E-state index contributed by atoms with van der Waals surface area (Å²) in [5.74, 6) is -0.230. The molecule has 0 aliphatic carbocycles. The lowest BCUT2D eigenvalue weighted by atomic mass is 10.0. The Kier molecular flexibility index (Phi) is 4.80. The smallest absolute Gasteiger partial charge is 0.307 e. The van der Waals surface area contributed by atoms with Gasteiger partial charge in [-0.05, 0) is 12.6 Å². The zero-order chi connectivity index (χ0) is 11.1. The van der Waals surface area contributed by atoms with Crippen molar-refractivity contribution in [3.8, 4) is 0 Å². The number of carbonyl (C=O) groups excluding carboxylic acids is 1. The summed E-state index contributed by atoms with van der Waals surface area (Å²) >= 11 is 0. The van der Waals surface area contributed by atoms with Gasteiger partial charge in [0.2, 0.25) is 0 Å². The summed E-state index contributed by atoms with van der Waals surface area (Å²) in [6, 6.07) is 9.70. The minimum Gasteiger partial charge on any atom is -0.469 e. The van der Waals surface area contributed by atoms with E-state index in [1.54, 1.807) is 7.05 Å². The molecule has 15 heavy (non-hydrogen) atoms. The zero-order valence-electron chi connectivity index (χ0n) is 8.99. The molecule has 0 saturated carbocycles. The van der Waals surface area contributed by atoms with Crippen molar-refractivity contribution in [3.63, 3.8) is 0 Å². The number of hydrogen-bond donors (Lipinski definition) is 2. The van der Waals surface area contributed by atoms with E-state index < -0.39 is 0 Å². The van der Waals surface area contributed by atoms with Gasteiger partial charge >= 0.3 is 5.97 Å². The summed E-state index contributed by atoms with van der Waals surface area (Å²) in [7, 11) is 3.16. The van der Waals surface area contributed by atoms with Gasteiger partial charge in [-0.15, -0.1) is 0 Å². The van der Waals surface area contributed by atoms with Gasteiger partial charge in [-0.2, -0.15) is 0 Å². The van der Waals surface area contributed by atoms with Gasteiger partial charge in [-0.25, -0.2) is 0 Å². The first kappa shape index (κ1) is 11.7. The van der Waals surface area contributed by atoms with E-state index in [0.717, 1.165) is 5.56 Å². The molecule has 0 fully saturated rings. The summed E-state index contributed by atoms with van der Waals surface area (Å²) in [6.07, 6.45) is 0.307. The van der Waals surface area contributed by atoms with Crippen molar-refractivity contribution in [2.75, 3.05) is 14.2 Å². The molecular formula is C11H16N2O2. The van der Waals surface area contributed by atoms with Crippen LogP contribution in [-0.2, 0) is 9.53 Å². The predicted molar refractivity (Wildman–Crippen MR) is 58.0 cm³/mol. The fourth-order valence-electron chi connectivity index (χ4n) is 1.36. The van der Waals surface area contributed by atoms with Crippen LogP contribution in [-0.4, -0.2) is 20.1 Å². The molecule has 1 aromatic carbocycles. The van der Waals surface area contributed by atoms with Crippen molar-refractivity contribution >= 4 is 5.97 Å². The van der Waals surface area contributed by atoms with E-state index in [4.69, 9.17) is 0 Å². The number of hydrogen-bond acceptors (Lipinski definition) is 4. The Morgan fingerprint density at radius 3 is 2.60 bits per heavy atom. The van der Waals surface area contributed by atoms with E-state index in [0.29, 0.717) is 6.42 Å². The van der Waals surface area contributed by atoms with Gasteiger partial charge in [-0.3, -0.25) is 15.6 Å². The molecule has 0 spiro atoms. The van der Waals surface area contributed by atoms with Crippen LogP contribution in [0.2, 0.25) is 0 Å². The van der Waals surface area contributed by atoms with Gasteiger partial charge in [0.15, 0.2) is 0 Å². The van der Waals surface area contributed by atoms with E-state index in [1.807, 2.05) is 30.3 Å². The van der Waals surface area contributed by atoms with Gasteiger partial charge < -0.3 is 4.74 Å². The maximum absolute atomic E-state index is 11.2. The molecule has 82 valence electrons. The van der Waals surface area contributed by atoms with Crippen molar-refractivity contribution in [1.29, 1.82) is 0 Å². The van der Waals surface area contributed by atoms with Crippen LogP contribution in [0.1, 0.15) is 18.0 Å². The average Bonchev–Trinajstić information content (AvgIpc) is 2.29. The highest BCUT2D eigenvalue weighted by Crippen LogP contribution is 2.15. The lowest BCUT2D eigenvalue weighted by Crippen LogP contribution is -2.33. The molecule has 0 radical (unpaired) electrons. The number of hydrazine groups is 1. The van der Waals surface area contributed by atoms with E-state index in [2.05, 4.69) is 15.6 Å². The summed E-state index contributed by atoms with van der Waals surface area (Å²) < 4.78 is 4.64. The molecule has 0 saturated heterocycles. The standard InChI is InChI=1S/C11H16N2O2/c1-12-13-10(8-11(14)15-2)9-6-4-3-5-7-9/h3-7,10,12-13H,8H2,1-2H3. The van der Waals surface area contributed by atoms with Crippen molar-refractivity contribution in [2.45, 2.75) is 12.5 Å². The molecule has 0 aliphatic heterocycles. The van der Waals surface area contributed by atoms with Gasteiger partial charge in [-0.1, -0.05) is 30.3 Å². The summed E-state index contributed by atoms with van der Waals surface area (Å²) in [6.45, 7) is 0. The van der Waals surface area contributed by atoms with Crippen LogP contribution in [0.3, 0.4) is 0 Å². The average molecular weight is 208 g/mol. The van der Waals surface area contributed by atoms with Crippen molar-refractivity contribution in [3.05, 3.63) is 35.9 Å². The van der Waals surface area contributed by atoms with Gasteiger partial charge in [0, 0.05) is 0 Å². The third-order valence-electron chi connectivity index (χ3n) is 2.12. The highest BCUT2D eigenvalue weighted by Gasteiger charge is 2.14. The van der Waals surface area contributed by atoms with E-state index in [-0.39, 0.29) is 12.0 Å². The van der Waals surface area contributed by atoms with Crippen molar-refractivity contribution in [1.82, 2.24) is 10.9 Å². The summed E-state index contributed by atoms with van der Waals surface area (Å²) in [4.78, 5) is 11.2. The van der Waals surface area contributed by atoms with E-state index in [9.17, 15) is 4.79 Å². The normalized spacial score (nSPS) is 12.1. The topological polar surface area (TPSA) is 50.4 Å². The lowest BCUT2D eigenvalue weighted by Gasteiger charge is -2.17. The molecule has 0 bridgehead atoms. The number of nitrogens with one attached hydrogen (secondary N) is 2. The maximum atomic E-state index is 11.2. The number of rotatable bonds is 5. The molecule has 4 nitrogen and oxygen atoms in total. The Morgan fingerprint density at radius 2 is 2.07 bits per heavy atom. The Balaban J connectivity index is 2.70. The predicted octanol–water partition coefficient (Wildman–Crippen LogP) is 1.01. The van der Waals surface area contributed by atoms with Crippen LogP contribution in [0.5, 0.6) is 0 Å². The van der Waals surface area contributed by atoms with Crippen molar-refractivity contribution < 1.29 is 9.53 Å². The highest BCUT2D eigenvalue weighted by atomic mass is 16.5. The molecule has 0 aliphatic rings. The van der Waals surface area contributed by atoms with Crippen molar-refractivity contribution in [2.24, 2.45) is 0 Å². The van der Waals surface area contributed by atoms with Gasteiger partial charge in [0.25, 0.3) is 0 Å². The first-order valence-electron chi connectivity index (χ1n) is 4.82. The Hall–Kier alpha value is -1.39. The van der Waals surface area contributed by atoms with Crippen LogP contribution < -0.4 is 10.9 Å². The number of benzene rings is 1. The molecule has 1 rings (SSSR count). The quantitative estimate of drug-likeness (QED) is 0.560. The molecule has 1 atom stereocenters. The van der Waals surface area contributed by atoms with Crippen LogP contribution in [0.4, 0.5) is 0 Å². The molecule has 1 aromatic rings. The molecule has 2 N–H and O–H groups in total. The van der Waals surface area contributed by atoms with E-state index in [1.165, 1.54) is 7.11 Å². The van der Waals surface area contributed by atoms with E-state index >= 15 is 0 Å². The van der Waals surface area contributed by atoms with Crippen LogP contribution >= 0.6 is 0 Å². The largest absolute Gasteiger partial charge is 0.469 e. The molecule has 0 aromatic heterocycles. The molecular weight excluding hydrogens is 192 g/mol. The molecule has 1 unspecified atom stereocenters. The van der Waals surface area contributed by atoms with Gasteiger partial charge in [0.1, 0.15) is 0 Å². The lowest BCUT2D eigenvalue weighted by molar-refractivity contribution is -0.141. The second kappa shape index (κ2) is 6.16. The first-order valence-corrected chi connectivity index (χ1v) is 4.82. The second-order valence-electron chi connectivity index (χ2n) is 3.14. The number of methoxy groups -OCH3 is 1. The second-order valence-corrected chi connectivity index (χ2v) is 3.14. The summed E-state index contributed by atoms with van der Waals surface area (Å²) in [5, 5.41) is 0. The monoisotopic (exact) mass is 208 g/mol. The number of esters is 1. The maximum Gasteiger partial charge on any atom is 0.307 e. The fraction of sp³-hybridized carbons (Fsp3) is 0.364. The minimum absolute atomic E-state index is 0.0661. The van der Waals surface area contributed by atoms with Crippen LogP contribution in [0.25, 0.3) is 0 Å². The van der Waals surface area contributed by atoms with Crippen LogP contribution in [0.15, 0.2) is 30.3 Å². The molecule has 4 heteroatoms. The first-order chi connectivity index (χ1) is 7.27. The zero-order valence-corrected chi connectivity index (χ0v) is 8.99.